The summed E-state index contributed by atoms with van der Waals surface area (Å²) in [6, 6.07) is 0.712. The molecule has 0 saturated carbocycles. The summed E-state index contributed by atoms with van der Waals surface area (Å²) >= 11 is 0. The molecule has 0 radical (unpaired) electrons. The fourth-order valence-electron chi connectivity index (χ4n) is 2.09. The minimum atomic E-state index is 0.0713. The number of piperazine rings is 1. The molecular formula is C11H24N4O. The highest BCUT2D eigenvalue weighted by molar-refractivity contribution is 5.76. The van der Waals surface area contributed by atoms with Gasteiger partial charge in [-0.3, -0.25) is 9.69 Å². The lowest BCUT2D eigenvalue weighted by atomic mass is 10.1. The van der Waals surface area contributed by atoms with E-state index in [4.69, 9.17) is 5.73 Å². The van der Waals surface area contributed by atoms with Gasteiger partial charge >= 0.3 is 0 Å². The summed E-state index contributed by atoms with van der Waals surface area (Å²) in [4.78, 5) is 16.0. The maximum absolute atomic E-state index is 11.4. The number of likely N-dealkylation sites (N-methyl/N-ethyl adjacent to an activating group) is 1. The van der Waals surface area contributed by atoms with Gasteiger partial charge in [-0.05, 0) is 14.0 Å². The van der Waals surface area contributed by atoms with Gasteiger partial charge in [0.2, 0.25) is 5.91 Å². The summed E-state index contributed by atoms with van der Waals surface area (Å²) < 4.78 is 0. The van der Waals surface area contributed by atoms with Gasteiger partial charge in [-0.1, -0.05) is 0 Å². The molecule has 1 aliphatic rings. The van der Waals surface area contributed by atoms with Crippen LogP contribution in [0.15, 0.2) is 0 Å². The van der Waals surface area contributed by atoms with Crippen LogP contribution in [0.5, 0.6) is 0 Å². The zero-order valence-corrected chi connectivity index (χ0v) is 10.6. The van der Waals surface area contributed by atoms with Crippen LogP contribution in [0.25, 0.3) is 0 Å². The van der Waals surface area contributed by atoms with Crippen LogP contribution in [0.3, 0.4) is 0 Å². The smallest absolute Gasteiger partial charge is 0.221 e. The Morgan fingerprint density at radius 2 is 2.25 bits per heavy atom. The Labute approximate surface area is 98.0 Å². The molecule has 1 heterocycles. The Morgan fingerprint density at radius 3 is 2.75 bits per heavy atom. The maximum Gasteiger partial charge on any atom is 0.221 e. The average Bonchev–Trinajstić information content (AvgIpc) is 2.29. The van der Waals surface area contributed by atoms with Crippen LogP contribution < -0.4 is 11.1 Å². The van der Waals surface area contributed by atoms with Crippen molar-refractivity contribution in [1.82, 2.24) is 15.1 Å². The van der Waals surface area contributed by atoms with E-state index in [9.17, 15) is 4.79 Å². The molecule has 5 nitrogen and oxygen atoms in total. The van der Waals surface area contributed by atoms with Crippen LogP contribution in [0.4, 0.5) is 0 Å². The SMILES string of the molecule is CNC(=O)CC(CN)N1CCN(C)C(C)C1. The highest BCUT2D eigenvalue weighted by atomic mass is 16.1. The monoisotopic (exact) mass is 228 g/mol. The summed E-state index contributed by atoms with van der Waals surface area (Å²) in [6.07, 6.45) is 0.503. The van der Waals surface area contributed by atoms with Gasteiger partial charge in [0.25, 0.3) is 0 Å². The molecule has 16 heavy (non-hydrogen) atoms. The molecule has 0 aromatic heterocycles. The van der Waals surface area contributed by atoms with Gasteiger partial charge in [0.05, 0.1) is 0 Å². The van der Waals surface area contributed by atoms with Gasteiger partial charge in [0, 0.05) is 51.7 Å². The lowest BCUT2D eigenvalue weighted by Crippen LogP contribution is -2.55. The largest absolute Gasteiger partial charge is 0.359 e. The first-order valence-corrected chi connectivity index (χ1v) is 5.93. The van der Waals surface area contributed by atoms with E-state index in [1.165, 1.54) is 0 Å². The predicted octanol–water partition coefficient (Wildman–Crippen LogP) is -0.914. The molecule has 0 aliphatic carbocycles. The van der Waals surface area contributed by atoms with E-state index in [2.05, 4.69) is 29.1 Å². The van der Waals surface area contributed by atoms with Crippen LogP contribution in [0.2, 0.25) is 0 Å². The third-order valence-corrected chi connectivity index (χ3v) is 3.48. The van der Waals surface area contributed by atoms with Gasteiger partial charge in [-0.2, -0.15) is 0 Å². The Balaban J connectivity index is 2.50. The molecule has 1 amide bonds. The van der Waals surface area contributed by atoms with E-state index in [1.807, 2.05) is 0 Å². The standard InChI is InChI=1S/C11H24N4O/c1-9-8-15(5-4-14(9)3)10(7-12)6-11(16)13-2/h9-10H,4-8,12H2,1-3H3,(H,13,16). The summed E-state index contributed by atoms with van der Waals surface area (Å²) in [7, 11) is 3.81. The van der Waals surface area contributed by atoms with E-state index in [0.717, 1.165) is 19.6 Å². The lowest BCUT2D eigenvalue weighted by Gasteiger charge is -2.41. The third-order valence-electron chi connectivity index (χ3n) is 3.48. The minimum Gasteiger partial charge on any atom is -0.359 e. The Kier molecular flexibility index (Phi) is 5.18. The lowest BCUT2D eigenvalue weighted by molar-refractivity contribution is -0.122. The predicted molar refractivity (Wildman–Crippen MR) is 65.2 cm³/mol. The minimum absolute atomic E-state index is 0.0713. The van der Waals surface area contributed by atoms with Crippen LogP contribution in [0.1, 0.15) is 13.3 Å². The molecule has 2 unspecified atom stereocenters. The van der Waals surface area contributed by atoms with Crippen molar-refractivity contribution in [3.8, 4) is 0 Å². The first-order valence-electron chi connectivity index (χ1n) is 5.93. The van der Waals surface area contributed by atoms with Crippen molar-refractivity contribution < 1.29 is 4.79 Å². The Morgan fingerprint density at radius 1 is 1.56 bits per heavy atom. The molecule has 1 aliphatic heterocycles. The topological polar surface area (TPSA) is 61.6 Å². The first-order chi connectivity index (χ1) is 7.58. The van der Waals surface area contributed by atoms with Crippen LogP contribution >= 0.6 is 0 Å². The van der Waals surface area contributed by atoms with Crippen LogP contribution in [0, 0.1) is 0 Å². The summed E-state index contributed by atoms with van der Waals surface area (Å²) in [6.45, 7) is 5.80. The molecule has 1 saturated heterocycles. The number of amides is 1. The van der Waals surface area contributed by atoms with E-state index in [1.54, 1.807) is 7.05 Å². The molecule has 0 bridgehead atoms. The number of carbonyl (C=O) groups is 1. The van der Waals surface area contributed by atoms with Crippen molar-refractivity contribution in [2.24, 2.45) is 5.73 Å². The summed E-state index contributed by atoms with van der Waals surface area (Å²) in [5.41, 5.74) is 5.75. The number of hydrogen-bond donors (Lipinski definition) is 2. The Bertz CT molecular complexity index is 234. The van der Waals surface area contributed by atoms with E-state index in [-0.39, 0.29) is 11.9 Å². The van der Waals surface area contributed by atoms with Gasteiger partial charge in [-0.15, -0.1) is 0 Å². The van der Waals surface area contributed by atoms with Crippen molar-refractivity contribution in [2.45, 2.75) is 25.4 Å². The zero-order chi connectivity index (χ0) is 12.1. The number of hydrogen-bond acceptors (Lipinski definition) is 4. The van der Waals surface area contributed by atoms with Gasteiger partial charge in [0.15, 0.2) is 0 Å². The van der Waals surface area contributed by atoms with E-state index < -0.39 is 0 Å². The zero-order valence-electron chi connectivity index (χ0n) is 10.6. The van der Waals surface area contributed by atoms with Crippen molar-refractivity contribution in [3.63, 3.8) is 0 Å². The van der Waals surface area contributed by atoms with Crippen molar-refractivity contribution in [2.75, 3.05) is 40.3 Å². The normalized spacial score (nSPS) is 25.4. The maximum atomic E-state index is 11.4. The average molecular weight is 228 g/mol. The molecule has 0 spiro atoms. The molecule has 1 fully saturated rings. The number of rotatable bonds is 4. The quantitative estimate of drug-likeness (QED) is 0.654. The second-order valence-corrected chi connectivity index (χ2v) is 4.59. The highest BCUT2D eigenvalue weighted by Crippen LogP contribution is 2.12. The van der Waals surface area contributed by atoms with Crippen molar-refractivity contribution in [3.05, 3.63) is 0 Å². The number of nitrogens with one attached hydrogen (secondary N) is 1. The molecule has 3 N–H and O–H groups in total. The van der Waals surface area contributed by atoms with Crippen molar-refractivity contribution in [1.29, 1.82) is 0 Å². The summed E-state index contributed by atoms with van der Waals surface area (Å²) in [5, 5.41) is 2.66. The number of nitrogens with two attached hydrogens (primary N) is 1. The van der Waals surface area contributed by atoms with Gasteiger partial charge in [0.1, 0.15) is 0 Å². The molecule has 0 aromatic carbocycles. The molecule has 1 rings (SSSR count). The summed E-state index contributed by atoms with van der Waals surface area (Å²) in [5.74, 6) is 0.0713. The number of nitrogens with zero attached hydrogens (tertiary/aromatic N) is 2. The van der Waals surface area contributed by atoms with Gasteiger partial charge in [-0.25, -0.2) is 0 Å². The molecule has 5 heteroatoms. The van der Waals surface area contributed by atoms with Gasteiger partial charge < -0.3 is 16.0 Å². The van der Waals surface area contributed by atoms with E-state index in [0.29, 0.717) is 19.0 Å². The van der Waals surface area contributed by atoms with Crippen molar-refractivity contribution >= 4 is 5.91 Å². The first kappa shape index (κ1) is 13.4. The molecule has 94 valence electrons. The molecule has 0 aromatic rings. The fraction of sp³-hybridized carbons (Fsp3) is 0.909. The highest BCUT2D eigenvalue weighted by Gasteiger charge is 2.26. The second kappa shape index (κ2) is 6.18. The fourth-order valence-corrected chi connectivity index (χ4v) is 2.09. The third kappa shape index (κ3) is 3.43. The Hall–Kier alpha value is -0.650. The molecular weight excluding hydrogens is 204 g/mol. The molecule has 2 atom stereocenters. The van der Waals surface area contributed by atoms with E-state index >= 15 is 0 Å². The second-order valence-electron chi connectivity index (χ2n) is 4.59. The van der Waals surface area contributed by atoms with Crippen LogP contribution in [-0.2, 0) is 4.79 Å². The van der Waals surface area contributed by atoms with Crippen LogP contribution in [-0.4, -0.2) is 68.1 Å². The number of carbonyl (C=O) groups excluding carboxylic acids is 1.